The van der Waals surface area contributed by atoms with Crippen LogP contribution in [-0.4, -0.2) is 31.7 Å². The molecule has 0 aliphatic carbocycles. The number of nitrogens with zero attached hydrogens (tertiary/aromatic N) is 1. The van der Waals surface area contributed by atoms with Crippen molar-refractivity contribution < 1.29 is 13.2 Å². The van der Waals surface area contributed by atoms with Gasteiger partial charge in [-0.1, -0.05) is 29.8 Å². The molecule has 0 aromatic heterocycles. The molecule has 1 N–H and O–H groups in total. The zero-order valence-electron chi connectivity index (χ0n) is 17.0. The summed E-state index contributed by atoms with van der Waals surface area (Å²) in [4.78, 5) is 13.0. The van der Waals surface area contributed by atoms with Gasteiger partial charge < -0.3 is 5.32 Å². The third kappa shape index (κ3) is 5.00. The SMILES string of the molecule is Cc1ccc([C@@H](C)NC(=O)[C@@H]2CCCN(S(=O)(=O)c3ccc(Cl)cc3)C2)cc1C. The fraction of sp³-hybridized carbons (Fsp3) is 0.409. The van der Waals surface area contributed by atoms with Crippen molar-refractivity contribution in [3.63, 3.8) is 0 Å². The average molecular weight is 435 g/mol. The molecule has 3 rings (SSSR count). The molecule has 0 radical (unpaired) electrons. The van der Waals surface area contributed by atoms with Crippen molar-refractivity contribution in [1.82, 2.24) is 9.62 Å². The second kappa shape index (κ2) is 8.86. The molecule has 2 aromatic rings. The predicted molar refractivity (Wildman–Crippen MR) is 115 cm³/mol. The van der Waals surface area contributed by atoms with Crippen molar-refractivity contribution in [3.8, 4) is 0 Å². The van der Waals surface area contributed by atoms with E-state index in [1.807, 2.05) is 26.0 Å². The first-order valence-electron chi connectivity index (χ1n) is 9.81. The Morgan fingerprint density at radius 2 is 1.83 bits per heavy atom. The van der Waals surface area contributed by atoms with Crippen LogP contribution in [0.3, 0.4) is 0 Å². The molecule has 0 spiro atoms. The molecule has 7 heteroatoms. The minimum Gasteiger partial charge on any atom is -0.349 e. The van der Waals surface area contributed by atoms with Gasteiger partial charge in [0, 0.05) is 18.1 Å². The second-order valence-corrected chi connectivity index (χ2v) is 10.1. The summed E-state index contributed by atoms with van der Waals surface area (Å²) in [6.45, 7) is 6.67. The summed E-state index contributed by atoms with van der Waals surface area (Å²) in [6, 6.07) is 12.1. The van der Waals surface area contributed by atoms with Crippen LogP contribution in [0.1, 0.15) is 42.5 Å². The van der Waals surface area contributed by atoms with E-state index < -0.39 is 10.0 Å². The number of carbonyl (C=O) groups excluding carboxylic acids is 1. The maximum atomic E-state index is 12.9. The number of sulfonamides is 1. The van der Waals surface area contributed by atoms with Crippen molar-refractivity contribution in [1.29, 1.82) is 0 Å². The van der Waals surface area contributed by atoms with Gasteiger partial charge in [-0.15, -0.1) is 0 Å². The molecule has 29 heavy (non-hydrogen) atoms. The van der Waals surface area contributed by atoms with Gasteiger partial charge in [0.05, 0.1) is 16.9 Å². The highest BCUT2D eigenvalue weighted by atomic mass is 35.5. The first kappa shape index (κ1) is 21.8. The molecular weight excluding hydrogens is 408 g/mol. The van der Waals surface area contributed by atoms with Gasteiger partial charge in [-0.05, 0) is 74.6 Å². The normalized spacial score (nSPS) is 19.0. The minimum absolute atomic E-state index is 0.105. The zero-order chi connectivity index (χ0) is 21.2. The number of benzene rings is 2. The summed E-state index contributed by atoms with van der Waals surface area (Å²) >= 11 is 5.87. The van der Waals surface area contributed by atoms with Crippen LogP contribution < -0.4 is 5.32 Å². The van der Waals surface area contributed by atoms with Gasteiger partial charge in [-0.2, -0.15) is 4.31 Å². The third-order valence-corrected chi connectivity index (χ3v) is 7.73. The largest absolute Gasteiger partial charge is 0.349 e. The fourth-order valence-electron chi connectivity index (χ4n) is 3.58. The van der Waals surface area contributed by atoms with E-state index in [2.05, 4.69) is 18.3 Å². The van der Waals surface area contributed by atoms with Crippen LogP contribution in [0.5, 0.6) is 0 Å². The summed E-state index contributed by atoms with van der Waals surface area (Å²) < 4.78 is 27.3. The number of nitrogens with one attached hydrogen (secondary N) is 1. The van der Waals surface area contributed by atoms with Crippen molar-refractivity contribution in [2.24, 2.45) is 5.92 Å². The molecule has 2 aromatic carbocycles. The van der Waals surface area contributed by atoms with Crippen LogP contribution in [0, 0.1) is 19.8 Å². The van der Waals surface area contributed by atoms with Crippen LogP contribution in [0.15, 0.2) is 47.4 Å². The van der Waals surface area contributed by atoms with E-state index in [0.717, 1.165) is 5.56 Å². The summed E-state index contributed by atoms with van der Waals surface area (Å²) in [6.07, 6.45) is 1.33. The molecule has 1 aliphatic rings. The summed E-state index contributed by atoms with van der Waals surface area (Å²) in [5, 5.41) is 3.54. The Kier molecular flexibility index (Phi) is 6.66. The molecule has 0 bridgehead atoms. The minimum atomic E-state index is -3.64. The van der Waals surface area contributed by atoms with E-state index in [4.69, 9.17) is 11.6 Å². The Morgan fingerprint density at radius 1 is 1.14 bits per heavy atom. The van der Waals surface area contributed by atoms with Gasteiger partial charge in [0.1, 0.15) is 0 Å². The van der Waals surface area contributed by atoms with Crippen LogP contribution in [-0.2, 0) is 14.8 Å². The number of rotatable bonds is 5. The molecule has 156 valence electrons. The molecular formula is C22H27ClN2O3S. The van der Waals surface area contributed by atoms with Crippen LogP contribution in [0.2, 0.25) is 5.02 Å². The lowest BCUT2D eigenvalue weighted by Crippen LogP contribution is -2.45. The first-order chi connectivity index (χ1) is 13.7. The van der Waals surface area contributed by atoms with E-state index in [0.29, 0.717) is 24.4 Å². The highest BCUT2D eigenvalue weighted by Gasteiger charge is 2.33. The fourth-order valence-corrected chi connectivity index (χ4v) is 5.23. The topological polar surface area (TPSA) is 66.5 Å². The van der Waals surface area contributed by atoms with E-state index in [1.54, 1.807) is 12.1 Å². The quantitative estimate of drug-likeness (QED) is 0.765. The van der Waals surface area contributed by atoms with E-state index >= 15 is 0 Å². The summed E-state index contributed by atoms with van der Waals surface area (Å²) in [5.74, 6) is -0.466. The van der Waals surface area contributed by atoms with Crippen LogP contribution in [0.25, 0.3) is 0 Å². The van der Waals surface area contributed by atoms with Gasteiger partial charge in [0.25, 0.3) is 0 Å². The van der Waals surface area contributed by atoms with E-state index in [-0.39, 0.29) is 29.3 Å². The monoisotopic (exact) mass is 434 g/mol. The highest BCUT2D eigenvalue weighted by Crippen LogP contribution is 2.26. The number of hydrogen-bond acceptors (Lipinski definition) is 3. The lowest BCUT2D eigenvalue weighted by Gasteiger charge is -2.32. The number of aryl methyl sites for hydroxylation is 2. The van der Waals surface area contributed by atoms with Gasteiger partial charge in [-0.25, -0.2) is 8.42 Å². The molecule has 1 fully saturated rings. The van der Waals surface area contributed by atoms with Crippen molar-refractivity contribution >= 4 is 27.5 Å². The molecule has 1 aliphatic heterocycles. The predicted octanol–water partition coefficient (Wildman–Crippen LogP) is 4.23. The van der Waals surface area contributed by atoms with Crippen LogP contribution in [0.4, 0.5) is 0 Å². The molecule has 1 saturated heterocycles. The Bertz CT molecular complexity index is 990. The van der Waals surface area contributed by atoms with Gasteiger partial charge in [0.2, 0.25) is 15.9 Å². The van der Waals surface area contributed by atoms with E-state index in [1.165, 1.54) is 27.6 Å². The number of amides is 1. The lowest BCUT2D eigenvalue weighted by atomic mass is 9.97. The van der Waals surface area contributed by atoms with Crippen LogP contribution >= 0.6 is 11.6 Å². The van der Waals surface area contributed by atoms with Gasteiger partial charge >= 0.3 is 0 Å². The molecule has 5 nitrogen and oxygen atoms in total. The Balaban J connectivity index is 1.68. The molecule has 0 saturated carbocycles. The molecule has 1 amide bonds. The summed E-state index contributed by atoms with van der Waals surface area (Å²) in [5.41, 5.74) is 3.44. The number of carbonyl (C=O) groups is 1. The highest BCUT2D eigenvalue weighted by molar-refractivity contribution is 7.89. The Morgan fingerprint density at radius 3 is 2.48 bits per heavy atom. The Labute approximate surface area is 178 Å². The maximum absolute atomic E-state index is 12.9. The zero-order valence-corrected chi connectivity index (χ0v) is 18.6. The standard InChI is InChI=1S/C22H27ClN2O3S/c1-15-6-7-18(13-16(15)2)17(3)24-22(26)19-5-4-12-25(14-19)29(27,28)21-10-8-20(23)9-11-21/h6-11,13,17,19H,4-5,12,14H2,1-3H3,(H,24,26)/t17-,19-/m1/s1. The van der Waals surface area contributed by atoms with Gasteiger partial charge in [0.15, 0.2) is 0 Å². The average Bonchev–Trinajstić information content (AvgIpc) is 2.70. The molecule has 0 unspecified atom stereocenters. The summed E-state index contributed by atoms with van der Waals surface area (Å²) in [7, 11) is -3.64. The van der Waals surface area contributed by atoms with Crippen molar-refractivity contribution in [2.75, 3.05) is 13.1 Å². The number of hydrogen-bond donors (Lipinski definition) is 1. The van der Waals surface area contributed by atoms with E-state index in [9.17, 15) is 13.2 Å². The lowest BCUT2D eigenvalue weighted by molar-refractivity contribution is -0.126. The number of halogens is 1. The van der Waals surface area contributed by atoms with Gasteiger partial charge in [-0.3, -0.25) is 4.79 Å². The van der Waals surface area contributed by atoms with Crippen molar-refractivity contribution in [2.45, 2.75) is 44.6 Å². The molecule has 2 atom stereocenters. The van der Waals surface area contributed by atoms with Crippen molar-refractivity contribution in [3.05, 3.63) is 64.2 Å². The smallest absolute Gasteiger partial charge is 0.243 e. The second-order valence-electron chi connectivity index (χ2n) is 7.73. The number of piperidine rings is 1. The Hall–Kier alpha value is -1.89. The maximum Gasteiger partial charge on any atom is 0.243 e. The third-order valence-electron chi connectivity index (χ3n) is 5.60. The molecule has 1 heterocycles. The first-order valence-corrected chi connectivity index (χ1v) is 11.6.